The van der Waals surface area contributed by atoms with Gasteiger partial charge in [0.25, 0.3) is 0 Å². The number of hydrogen-bond acceptors (Lipinski definition) is 2. The Morgan fingerprint density at radius 2 is 1.91 bits per heavy atom. The third-order valence-electron chi connectivity index (χ3n) is 7.02. The van der Waals surface area contributed by atoms with Crippen molar-refractivity contribution in [2.45, 2.75) is 96.9 Å². The summed E-state index contributed by atoms with van der Waals surface area (Å²) in [6.07, 6.45) is 11.2. The largest absolute Gasteiger partial charge is 0.390 e. The Labute approximate surface area is 136 Å². The second kappa shape index (κ2) is 5.34. The minimum atomic E-state index is -0.563. The summed E-state index contributed by atoms with van der Waals surface area (Å²) < 4.78 is 6.04. The van der Waals surface area contributed by atoms with E-state index in [1.54, 1.807) is 0 Å². The highest BCUT2D eigenvalue weighted by atomic mass is 16.6. The molecule has 0 bridgehead atoms. The highest BCUT2D eigenvalue weighted by Gasteiger charge is 2.54. The first-order chi connectivity index (χ1) is 10.1. The number of allylic oxidation sites excluding steroid dienone is 2. The number of ether oxygens (including phenoxy) is 1. The monoisotopic (exact) mass is 306 g/mol. The maximum atomic E-state index is 10.7. The standard InChI is InChI=1S/C20H34O2/c1-14-6-7-17-20(5,22-17)13-10-16-15(18(2,3)21)9-12-19(16,4)11-8-14/h8,15-17,21H,6-7,9-13H2,1-5H3/b14-8+/t15-,16+,17-,19+,20-/m1/s1. The topological polar surface area (TPSA) is 32.8 Å². The Morgan fingerprint density at radius 1 is 1.18 bits per heavy atom. The van der Waals surface area contributed by atoms with E-state index in [0.29, 0.717) is 23.4 Å². The molecule has 1 saturated heterocycles. The molecule has 1 aliphatic heterocycles. The van der Waals surface area contributed by atoms with Gasteiger partial charge in [0.1, 0.15) is 0 Å². The highest BCUT2D eigenvalue weighted by molar-refractivity contribution is 5.10. The summed E-state index contributed by atoms with van der Waals surface area (Å²) in [5.74, 6) is 1.03. The second-order valence-electron chi connectivity index (χ2n) is 9.31. The summed E-state index contributed by atoms with van der Waals surface area (Å²) in [5.41, 5.74) is 1.41. The van der Waals surface area contributed by atoms with Crippen LogP contribution in [0.5, 0.6) is 0 Å². The molecule has 0 spiro atoms. The molecule has 0 unspecified atom stereocenters. The van der Waals surface area contributed by atoms with Gasteiger partial charge in [-0.15, -0.1) is 0 Å². The van der Waals surface area contributed by atoms with Crippen molar-refractivity contribution < 1.29 is 9.84 Å². The summed E-state index contributed by atoms with van der Waals surface area (Å²) in [6, 6.07) is 0. The zero-order chi connectivity index (χ0) is 16.2. The molecular weight excluding hydrogens is 272 g/mol. The fourth-order valence-electron chi connectivity index (χ4n) is 5.19. The van der Waals surface area contributed by atoms with Gasteiger partial charge < -0.3 is 9.84 Å². The van der Waals surface area contributed by atoms with E-state index < -0.39 is 5.60 Å². The van der Waals surface area contributed by atoms with Gasteiger partial charge in [-0.05, 0) is 89.9 Å². The van der Waals surface area contributed by atoms with Gasteiger partial charge in [0.15, 0.2) is 0 Å². The zero-order valence-electron chi connectivity index (χ0n) is 15.1. The normalized spacial score (nSPS) is 48.6. The molecule has 3 aliphatic rings. The van der Waals surface area contributed by atoms with Crippen molar-refractivity contribution in [2.24, 2.45) is 17.3 Å². The van der Waals surface area contributed by atoms with Gasteiger partial charge in [0, 0.05) is 0 Å². The van der Waals surface area contributed by atoms with Crippen molar-refractivity contribution in [2.75, 3.05) is 0 Å². The van der Waals surface area contributed by atoms with Gasteiger partial charge >= 0.3 is 0 Å². The van der Waals surface area contributed by atoms with E-state index in [9.17, 15) is 5.11 Å². The van der Waals surface area contributed by atoms with Crippen molar-refractivity contribution in [1.29, 1.82) is 0 Å². The maximum Gasteiger partial charge on any atom is 0.0920 e. The molecule has 0 amide bonds. The summed E-state index contributed by atoms with van der Waals surface area (Å²) in [6.45, 7) is 11.0. The van der Waals surface area contributed by atoms with Crippen molar-refractivity contribution in [3.63, 3.8) is 0 Å². The van der Waals surface area contributed by atoms with E-state index in [0.717, 1.165) is 6.42 Å². The van der Waals surface area contributed by atoms with Gasteiger partial charge in [0.05, 0.1) is 17.3 Å². The smallest absolute Gasteiger partial charge is 0.0920 e. The Morgan fingerprint density at radius 3 is 2.59 bits per heavy atom. The van der Waals surface area contributed by atoms with Crippen LogP contribution in [0, 0.1) is 17.3 Å². The molecule has 0 aromatic carbocycles. The Balaban J connectivity index is 1.86. The lowest BCUT2D eigenvalue weighted by molar-refractivity contribution is -0.0182. The van der Waals surface area contributed by atoms with E-state index in [4.69, 9.17) is 4.74 Å². The van der Waals surface area contributed by atoms with Gasteiger partial charge in [-0.1, -0.05) is 18.6 Å². The molecule has 1 heterocycles. The lowest BCUT2D eigenvalue weighted by atomic mass is 9.68. The van der Waals surface area contributed by atoms with Crippen molar-refractivity contribution in [3.05, 3.63) is 11.6 Å². The van der Waals surface area contributed by atoms with Crippen LogP contribution in [-0.4, -0.2) is 22.4 Å². The molecular formula is C20H34O2. The van der Waals surface area contributed by atoms with Crippen LogP contribution in [0.25, 0.3) is 0 Å². The van der Waals surface area contributed by atoms with Crippen LogP contribution in [0.3, 0.4) is 0 Å². The Bertz CT molecular complexity index is 461. The Kier molecular flexibility index (Phi) is 4.01. The third-order valence-corrected chi connectivity index (χ3v) is 7.02. The second-order valence-corrected chi connectivity index (χ2v) is 9.31. The van der Waals surface area contributed by atoms with Crippen LogP contribution in [0.2, 0.25) is 0 Å². The van der Waals surface area contributed by atoms with Crippen molar-refractivity contribution in [3.8, 4) is 0 Å². The maximum absolute atomic E-state index is 10.7. The summed E-state index contributed by atoms with van der Waals surface area (Å²) >= 11 is 0. The van der Waals surface area contributed by atoms with Gasteiger partial charge in [-0.2, -0.15) is 0 Å². The minimum Gasteiger partial charge on any atom is -0.390 e. The first kappa shape index (κ1) is 16.5. The first-order valence-electron chi connectivity index (χ1n) is 9.20. The number of aliphatic hydroxyl groups is 1. The van der Waals surface area contributed by atoms with Crippen LogP contribution in [0.15, 0.2) is 11.6 Å². The molecule has 126 valence electrons. The lowest BCUT2D eigenvalue weighted by Gasteiger charge is -2.38. The molecule has 0 aromatic heterocycles. The summed E-state index contributed by atoms with van der Waals surface area (Å²) in [5, 5.41) is 10.7. The first-order valence-corrected chi connectivity index (χ1v) is 9.20. The molecule has 1 N–H and O–H groups in total. The van der Waals surface area contributed by atoms with E-state index >= 15 is 0 Å². The molecule has 0 aromatic rings. The molecule has 2 nitrogen and oxygen atoms in total. The average molecular weight is 306 g/mol. The van der Waals surface area contributed by atoms with E-state index in [-0.39, 0.29) is 5.60 Å². The van der Waals surface area contributed by atoms with Gasteiger partial charge in [-0.3, -0.25) is 0 Å². The molecule has 22 heavy (non-hydrogen) atoms. The van der Waals surface area contributed by atoms with Crippen LogP contribution < -0.4 is 0 Å². The summed E-state index contributed by atoms with van der Waals surface area (Å²) in [4.78, 5) is 0. The molecule has 2 heteroatoms. The van der Waals surface area contributed by atoms with Gasteiger partial charge in [-0.25, -0.2) is 0 Å². The van der Waals surface area contributed by atoms with Crippen molar-refractivity contribution in [1.82, 2.24) is 0 Å². The number of rotatable bonds is 1. The molecule has 2 fully saturated rings. The van der Waals surface area contributed by atoms with Crippen molar-refractivity contribution >= 4 is 0 Å². The van der Waals surface area contributed by atoms with E-state index in [2.05, 4.69) is 26.8 Å². The molecule has 0 radical (unpaired) electrons. The van der Waals surface area contributed by atoms with Crippen LogP contribution in [-0.2, 0) is 4.74 Å². The highest BCUT2D eigenvalue weighted by Crippen LogP contribution is 2.56. The van der Waals surface area contributed by atoms with Crippen LogP contribution >= 0.6 is 0 Å². The molecule has 2 aliphatic carbocycles. The van der Waals surface area contributed by atoms with E-state index in [1.165, 1.54) is 44.1 Å². The number of epoxide rings is 1. The fraction of sp³-hybridized carbons (Fsp3) is 0.900. The molecule has 5 atom stereocenters. The van der Waals surface area contributed by atoms with E-state index in [1.807, 2.05) is 13.8 Å². The SMILES string of the molecule is C/C1=C\C[C@@]2(C)CC[C@@H](C(C)(C)O)[C@@H]2CC[C@@]2(C)O[C@@H]2CC1. The lowest BCUT2D eigenvalue weighted by Crippen LogP contribution is -2.38. The third kappa shape index (κ3) is 3.01. The quantitative estimate of drug-likeness (QED) is 0.554. The predicted octanol–water partition coefficient (Wildman–Crippen LogP) is 4.86. The van der Waals surface area contributed by atoms with Crippen LogP contribution in [0.1, 0.15) is 79.6 Å². The minimum absolute atomic E-state index is 0.109. The Hall–Kier alpha value is -0.340. The number of hydrogen-bond donors (Lipinski definition) is 1. The molecule has 3 rings (SSSR count). The number of fused-ring (bicyclic) bond motifs is 2. The molecule has 1 saturated carbocycles. The zero-order valence-corrected chi connectivity index (χ0v) is 15.1. The summed E-state index contributed by atoms with van der Waals surface area (Å²) in [7, 11) is 0. The van der Waals surface area contributed by atoms with Gasteiger partial charge in [0.2, 0.25) is 0 Å². The fourth-order valence-corrected chi connectivity index (χ4v) is 5.19. The predicted molar refractivity (Wildman–Crippen MR) is 90.7 cm³/mol. The van der Waals surface area contributed by atoms with Crippen LogP contribution in [0.4, 0.5) is 0 Å². The average Bonchev–Trinajstić information content (AvgIpc) is 2.92.